The number of oxime groups is 1. The molecule has 0 aliphatic heterocycles. The Morgan fingerprint density at radius 3 is 2.58 bits per heavy atom. The van der Waals surface area contributed by atoms with Gasteiger partial charge in [0.05, 0.1) is 5.41 Å². The molecule has 1 fully saturated rings. The van der Waals surface area contributed by atoms with Crippen LogP contribution in [0.25, 0.3) is 0 Å². The molecule has 2 rings (SSSR count). The smallest absolute Gasteiger partial charge is 0.232 e. The van der Waals surface area contributed by atoms with Crippen LogP contribution in [0, 0.1) is 0 Å². The lowest BCUT2D eigenvalue weighted by Gasteiger charge is -2.23. The molecular formula is C14H19N3O2. The van der Waals surface area contributed by atoms with Gasteiger partial charge in [-0.15, -0.1) is 0 Å². The number of nitrogens with two attached hydrogens (primary N) is 1. The van der Waals surface area contributed by atoms with Crippen LogP contribution in [0.3, 0.4) is 0 Å². The quantitative estimate of drug-likeness (QED) is 0.363. The highest BCUT2D eigenvalue weighted by Crippen LogP contribution is 2.49. The zero-order chi connectivity index (χ0) is 13.9. The lowest BCUT2D eigenvalue weighted by Crippen LogP contribution is -2.38. The minimum Gasteiger partial charge on any atom is -0.409 e. The largest absolute Gasteiger partial charge is 0.409 e. The average Bonchev–Trinajstić information content (AvgIpc) is 3.26. The SMILES string of the molecule is CN(CCC(N)=NO)C(=O)C1(c2ccccc2)CC1. The number of rotatable bonds is 5. The molecule has 1 aliphatic rings. The summed E-state index contributed by atoms with van der Waals surface area (Å²) >= 11 is 0. The summed E-state index contributed by atoms with van der Waals surface area (Å²) in [7, 11) is 1.76. The van der Waals surface area contributed by atoms with Crippen LogP contribution in [-0.4, -0.2) is 35.4 Å². The van der Waals surface area contributed by atoms with Gasteiger partial charge in [-0.2, -0.15) is 0 Å². The summed E-state index contributed by atoms with van der Waals surface area (Å²) in [6.45, 7) is 0.462. The van der Waals surface area contributed by atoms with Crippen LogP contribution in [0.5, 0.6) is 0 Å². The van der Waals surface area contributed by atoms with Gasteiger partial charge in [-0.25, -0.2) is 0 Å². The summed E-state index contributed by atoms with van der Waals surface area (Å²) in [4.78, 5) is 14.2. The van der Waals surface area contributed by atoms with Crippen LogP contribution in [-0.2, 0) is 10.2 Å². The zero-order valence-corrected chi connectivity index (χ0v) is 11.0. The summed E-state index contributed by atoms with van der Waals surface area (Å²) in [6, 6.07) is 9.87. The van der Waals surface area contributed by atoms with E-state index in [9.17, 15) is 4.79 Å². The van der Waals surface area contributed by atoms with Gasteiger partial charge in [0, 0.05) is 20.0 Å². The number of likely N-dealkylation sites (N-methyl/N-ethyl adjacent to an activating group) is 1. The van der Waals surface area contributed by atoms with Crippen LogP contribution < -0.4 is 5.73 Å². The molecule has 19 heavy (non-hydrogen) atoms. The van der Waals surface area contributed by atoms with Crippen LogP contribution in [0.15, 0.2) is 35.5 Å². The van der Waals surface area contributed by atoms with E-state index >= 15 is 0 Å². The molecule has 5 heteroatoms. The third-order valence-electron chi connectivity index (χ3n) is 3.66. The minimum atomic E-state index is -0.346. The van der Waals surface area contributed by atoms with Gasteiger partial charge in [0.1, 0.15) is 5.84 Å². The van der Waals surface area contributed by atoms with Crippen molar-refractivity contribution >= 4 is 11.7 Å². The Morgan fingerprint density at radius 2 is 2.05 bits per heavy atom. The third-order valence-corrected chi connectivity index (χ3v) is 3.66. The van der Waals surface area contributed by atoms with Gasteiger partial charge in [-0.1, -0.05) is 35.5 Å². The Morgan fingerprint density at radius 1 is 1.42 bits per heavy atom. The predicted octanol–water partition coefficient (Wildman–Crippen LogP) is 1.31. The average molecular weight is 261 g/mol. The van der Waals surface area contributed by atoms with E-state index in [4.69, 9.17) is 10.9 Å². The normalized spacial score (nSPS) is 17.0. The van der Waals surface area contributed by atoms with E-state index in [0.29, 0.717) is 13.0 Å². The molecule has 0 heterocycles. The summed E-state index contributed by atoms with van der Waals surface area (Å²) in [5.74, 6) is 0.258. The standard InChI is InChI=1S/C14H19N3O2/c1-17(10-7-12(15)16-19)13(18)14(8-9-14)11-5-3-2-4-6-11/h2-6,19H,7-10H2,1H3,(H2,15,16). The number of hydrogen-bond acceptors (Lipinski definition) is 3. The number of nitrogens with zero attached hydrogens (tertiary/aromatic N) is 2. The molecule has 1 aromatic carbocycles. The molecule has 1 amide bonds. The summed E-state index contributed by atoms with van der Waals surface area (Å²) in [6.07, 6.45) is 2.16. The zero-order valence-electron chi connectivity index (χ0n) is 11.0. The van der Waals surface area contributed by atoms with Crippen molar-refractivity contribution < 1.29 is 10.0 Å². The van der Waals surface area contributed by atoms with Crippen molar-refractivity contribution in [2.75, 3.05) is 13.6 Å². The summed E-state index contributed by atoms with van der Waals surface area (Å²) in [5.41, 5.74) is 6.15. The molecule has 0 saturated heterocycles. The second-order valence-corrected chi connectivity index (χ2v) is 5.02. The molecule has 1 saturated carbocycles. The first-order valence-corrected chi connectivity index (χ1v) is 6.37. The van der Waals surface area contributed by atoms with Crippen molar-refractivity contribution in [2.24, 2.45) is 10.9 Å². The van der Waals surface area contributed by atoms with Gasteiger partial charge >= 0.3 is 0 Å². The number of amides is 1. The van der Waals surface area contributed by atoms with Crippen molar-refractivity contribution in [3.63, 3.8) is 0 Å². The third kappa shape index (κ3) is 2.70. The molecule has 5 nitrogen and oxygen atoms in total. The highest BCUT2D eigenvalue weighted by molar-refractivity contribution is 5.91. The maximum absolute atomic E-state index is 12.5. The first kappa shape index (κ1) is 13.4. The molecule has 0 atom stereocenters. The monoisotopic (exact) mass is 261 g/mol. The van der Waals surface area contributed by atoms with Gasteiger partial charge < -0.3 is 15.8 Å². The second kappa shape index (κ2) is 5.30. The summed E-state index contributed by atoms with van der Waals surface area (Å²) in [5, 5.41) is 11.4. The number of amidine groups is 1. The predicted molar refractivity (Wildman–Crippen MR) is 73.0 cm³/mol. The lowest BCUT2D eigenvalue weighted by molar-refractivity contribution is -0.132. The van der Waals surface area contributed by atoms with Crippen molar-refractivity contribution in [1.82, 2.24) is 4.90 Å². The molecule has 102 valence electrons. The Hall–Kier alpha value is -2.04. The minimum absolute atomic E-state index is 0.115. The van der Waals surface area contributed by atoms with Crippen LogP contribution >= 0.6 is 0 Å². The van der Waals surface area contributed by atoms with E-state index in [0.717, 1.165) is 18.4 Å². The number of benzene rings is 1. The number of hydrogen-bond donors (Lipinski definition) is 2. The van der Waals surface area contributed by atoms with E-state index < -0.39 is 0 Å². The Labute approximate surface area is 112 Å². The molecule has 0 unspecified atom stereocenters. The highest BCUT2D eigenvalue weighted by Gasteiger charge is 2.52. The Balaban J connectivity index is 2.04. The first-order chi connectivity index (χ1) is 9.10. The molecule has 3 N–H and O–H groups in total. The van der Waals surface area contributed by atoms with E-state index in [1.807, 2.05) is 30.3 Å². The fraction of sp³-hybridized carbons (Fsp3) is 0.429. The van der Waals surface area contributed by atoms with E-state index in [1.165, 1.54) is 0 Å². The van der Waals surface area contributed by atoms with Gasteiger partial charge in [-0.05, 0) is 18.4 Å². The fourth-order valence-electron chi connectivity index (χ4n) is 2.31. The molecule has 1 aliphatic carbocycles. The molecule has 0 radical (unpaired) electrons. The molecule has 1 aromatic rings. The van der Waals surface area contributed by atoms with Crippen LogP contribution in [0.1, 0.15) is 24.8 Å². The second-order valence-electron chi connectivity index (χ2n) is 5.02. The first-order valence-electron chi connectivity index (χ1n) is 6.37. The van der Waals surface area contributed by atoms with E-state index in [2.05, 4.69) is 5.16 Å². The van der Waals surface area contributed by atoms with Gasteiger partial charge in [0.25, 0.3) is 0 Å². The maximum atomic E-state index is 12.5. The lowest BCUT2D eigenvalue weighted by atomic mass is 9.94. The number of carbonyl (C=O) groups is 1. The van der Waals surface area contributed by atoms with Gasteiger partial charge in [0.2, 0.25) is 5.91 Å². The van der Waals surface area contributed by atoms with Gasteiger partial charge in [-0.3, -0.25) is 4.79 Å². The van der Waals surface area contributed by atoms with Crippen LogP contribution in [0.2, 0.25) is 0 Å². The van der Waals surface area contributed by atoms with Crippen molar-refractivity contribution in [3.05, 3.63) is 35.9 Å². The maximum Gasteiger partial charge on any atom is 0.232 e. The number of carbonyl (C=O) groups excluding carboxylic acids is 1. The van der Waals surface area contributed by atoms with E-state index in [-0.39, 0.29) is 17.2 Å². The fourth-order valence-corrected chi connectivity index (χ4v) is 2.31. The van der Waals surface area contributed by atoms with E-state index in [1.54, 1.807) is 11.9 Å². The molecule has 0 aromatic heterocycles. The van der Waals surface area contributed by atoms with Crippen molar-refractivity contribution in [3.8, 4) is 0 Å². The molecule has 0 bridgehead atoms. The highest BCUT2D eigenvalue weighted by atomic mass is 16.4. The Kier molecular flexibility index (Phi) is 3.74. The van der Waals surface area contributed by atoms with Crippen molar-refractivity contribution in [2.45, 2.75) is 24.7 Å². The topological polar surface area (TPSA) is 78.9 Å². The molecule has 0 spiro atoms. The van der Waals surface area contributed by atoms with Crippen LogP contribution in [0.4, 0.5) is 0 Å². The Bertz CT molecular complexity index is 481. The molecular weight excluding hydrogens is 242 g/mol. The summed E-state index contributed by atoms with van der Waals surface area (Å²) < 4.78 is 0. The van der Waals surface area contributed by atoms with Crippen molar-refractivity contribution in [1.29, 1.82) is 0 Å². The van der Waals surface area contributed by atoms with Gasteiger partial charge in [0.15, 0.2) is 0 Å².